The van der Waals surface area contributed by atoms with Crippen LogP contribution in [0.5, 0.6) is 0 Å². The molecule has 0 bridgehead atoms. The Morgan fingerprint density at radius 2 is 2.06 bits per heavy atom. The van der Waals surface area contributed by atoms with Crippen LogP contribution in [0.2, 0.25) is 0 Å². The van der Waals surface area contributed by atoms with Crippen LogP contribution in [0.15, 0.2) is 0 Å². The van der Waals surface area contributed by atoms with E-state index < -0.39 is 0 Å². The highest BCUT2D eigenvalue weighted by Crippen LogP contribution is 2.51. The van der Waals surface area contributed by atoms with E-state index in [0.29, 0.717) is 0 Å². The minimum absolute atomic E-state index is 0.0134. The Hall–Kier alpha value is -0.650. The van der Waals surface area contributed by atoms with E-state index in [2.05, 4.69) is 0 Å². The Labute approximate surface area is 94.3 Å². The molecule has 0 radical (unpaired) electrons. The molecule has 0 saturated carbocycles. The summed E-state index contributed by atoms with van der Waals surface area (Å²) in [5.41, 5.74) is -0.291. The van der Waals surface area contributed by atoms with Gasteiger partial charge in [-0.2, -0.15) is 0 Å². The van der Waals surface area contributed by atoms with E-state index in [0.717, 1.165) is 0 Å². The number of epoxide rings is 1. The number of ether oxygens (including phenoxy) is 2. The van der Waals surface area contributed by atoms with E-state index in [9.17, 15) is 9.90 Å². The Morgan fingerprint density at radius 3 is 2.62 bits per heavy atom. The van der Waals surface area contributed by atoms with E-state index in [1.54, 1.807) is 6.92 Å². The molecule has 3 fully saturated rings. The first kappa shape index (κ1) is 10.5. The second kappa shape index (κ2) is 2.97. The van der Waals surface area contributed by atoms with Gasteiger partial charge in [-0.05, 0) is 13.8 Å². The summed E-state index contributed by atoms with van der Waals surface area (Å²) in [6.45, 7) is 5.55. The molecule has 5 atom stereocenters. The third-order valence-electron chi connectivity index (χ3n) is 4.03. The van der Waals surface area contributed by atoms with Gasteiger partial charge in [0.2, 0.25) is 5.91 Å². The summed E-state index contributed by atoms with van der Waals surface area (Å²) in [5.74, 6) is 0.0616. The van der Waals surface area contributed by atoms with Crippen LogP contribution in [0.1, 0.15) is 20.8 Å². The van der Waals surface area contributed by atoms with Gasteiger partial charge in [0.15, 0.2) is 0 Å². The van der Waals surface area contributed by atoms with Gasteiger partial charge in [-0.15, -0.1) is 0 Å². The first-order valence-electron chi connectivity index (χ1n) is 5.70. The van der Waals surface area contributed by atoms with Crippen LogP contribution in [0.25, 0.3) is 0 Å². The third-order valence-corrected chi connectivity index (χ3v) is 4.03. The molecule has 0 aromatic heterocycles. The highest BCUT2D eigenvalue weighted by molar-refractivity contribution is 5.76. The van der Waals surface area contributed by atoms with Crippen LogP contribution in [0.3, 0.4) is 0 Å². The Morgan fingerprint density at radius 1 is 1.38 bits per heavy atom. The molecule has 1 N–H and O–H groups in total. The van der Waals surface area contributed by atoms with Crippen molar-refractivity contribution in [2.45, 2.75) is 56.8 Å². The molecular weight excluding hydrogens is 210 g/mol. The maximum absolute atomic E-state index is 11.6. The number of likely N-dealkylation sites (tertiary alicyclic amines) is 1. The number of aliphatic hydroxyl groups excluding tert-OH is 1. The Balaban J connectivity index is 1.85. The van der Waals surface area contributed by atoms with Crippen LogP contribution in [-0.2, 0) is 14.3 Å². The van der Waals surface area contributed by atoms with Crippen molar-refractivity contribution in [1.29, 1.82) is 0 Å². The predicted octanol–water partition coefficient (Wildman–Crippen LogP) is -0.477. The Bertz CT molecular complexity index is 343. The number of fused-ring (bicyclic) bond motifs is 3. The van der Waals surface area contributed by atoms with Crippen LogP contribution in [-0.4, -0.2) is 58.5 Å². The Kier molecular flexibility index (Phi) is 1.95. The van der Waals surface area contributed by atoms with Crippen LogP contribution in [0.4, 0.5) is 0 Å². The number of aliphatic hydroxyl groups is 1. The SMILES string of the molecule is CC(=O)N1C2C3OC3C(CO)OC2C1(C)C. The molecule has 0 spiro atoms. The molecule has 3 rings (SSSR count). The monoisotopic (exact) mass is 227 g/mol. The number of hydrogen-bond acceptors (Lipinski definition) is 4. The molecule has 3 heterocycles. The summed E-state index contributed by atoms with van der Waals surface area (Å²) in [5, 5.41) is 9.18. The lowest BCUT2D eigenvalue weighted by Crippen LogP contribution is -2.79. The van der Waals surface area contributed by atoms with Crippen molar-refractivity contribution >= 4 is 5.91 Å². The van der Waals surface area contributed by atoms with Crippen molar-refractivity contribution in [2.24, 2.45) is 0 Å². The van der Waals surface area contributed by atoms with Gasteiger partial charge in [-0.3, -0.25) is 4.79 Å². The number of hydrogen-bond donors (Lipinski definition) is 1. The summed E-state index contributed by atoms with van der Waals surface area (Å²) in [6, 6.07) is 0.0419. The molecule has 3 aliphatic heterocycles. The van der Waals surface area contributed by atoms with E-state index in [4.69, 9.17) is 9.47 Å². The maximum Gasteiger partial charge on any atom is 0.220 e. The lowest BCUT2D eigenvalue weighted by Gasteiger charge is -2.61. The van der Waals surface area contributed by atoms with Crippen LogP contribution in [0, 0.1) is 0 Å². The summed E-state index contributed by atoms with van der Waals surface area (Å²) in [6.07, 6.45) is -0.200. The van der Waals surface area contributed by atoms with Crippen molar-refractivity contribution in [3.63, 3.8) is 0 Å². The molecule has 0 aromatic rings. The summed E-state index contributed by atoms with van der Waals surface area (Å²) in [7, 11) is 0. The molecule has 1 amide bonds. The second-order valence-electron chi connectivity index (χ2n) is 5.38. The van der Waals surface area contributed by atoms with Gasteiger partial charge in [-0.25, -0.2) is 0 Å². The fourth-order valence-corrected chi connectivity index (χ4v) is 3.30. The van der Waals surface area contributed by atoms with Gasteiger partial charge in [0.25, 0.3) is 0 Å². The first-order chi connectivity index (χ1) is 7.48. The van der Waals surface area contributed by atoms with Crippen molar-refractivity contribution < 1.29 is 19.4 Å². The standard InChI is InChI=1S/C11H17NO4/c1-5(14)12-7-9-8(16-9)6(4-13)15-10(7)11(12,2)3/h6-10,13H,4H2,1-3H3. The largest absolute Gasteiger partial charge is 0.394 e. The number of carbonyl (C=O) groups is 1. The van der Waals surface area contributed by atoms with Crippen molar-refractivity contribution in [2.75, 3.05) is 6.61 Å². The molecular formula is C11H17NO4. The molecule has 5 nitrogen and oxygen atoms in total. The first-order valence-corrected chi connectivity index (χ1v) is 5.70. The summed E-state index contributed by atoms with van der Waals surface area (Å²) >= 11 is 0. The van der Waals surface area contributed by atoms with Crippen LogP contribution >= 0.6 is 0 Å². The number of nitrogens with zero attached hydrogens (tertiary/aromatic N) is 1. The van der Waals surface area contributed by atoms with E-state index >= 15 is 0 Å². The molecule has 0 aromatic carbocycles. The minimum atomic E-state index is -0.291. The normalized spacial score (nSPS) is 47.8. The van der Waals surface area contributed by atoms with Crippen molar-refractivity contribution in [3.8, 4) is 0 Å². The lowest BCUT2D eigenvalue weighted by molar-refractivity contribution is -0.230. The fraction of sp³-hybridized carbons (Fsp3) is 0.909. The predicted molar refractivity (Wildman–Crippen MR) is 54.8 cm³/mol. The number of amides is 1. The van der Waals surface area contributed by atoms with E-state index in [-0.39, 0.29) is 48.5 Å². The summed E-state index contributed by atoms with van der Waals surface area (Å²) < 4.78 is 11.3. The van der Waals surface area contributed by atoms with Crippen LogP contribution < -0.4 is 0 Å². The topological polar surface area (TPSA) is 62.3 Å². The maximum atomic E-state index is 11.6. The zero-order valence-electron chi connectivity index (χ0n) is 9.71. The van der Waals surface area contributed by atoms with E-state index in [1.165, 1.54) is 0 Å². The highest BCUT2D eigenvalue weighted by Gasteiger charge is 2.70. The second-order valence-corrected chi connectivity index (χ2v) is 5.38. The average molecular weight is 227 g/mol. The average Bonchev–Trinajstić information content (AvgIpc) is 2.95. The minimum Gasteiger partial charge on any atom is -0.394 e. The molecule has 3 aliphatic rings. The smallest absolute Gasteiger partial charge is 0.220 e. The number of carbonyl (C=O) groups excluding carboxylic acids is 1. The van der Waals surface area contributed by atoms with Gasteiger partial charge in [0, 0.05) is 6.92 Å². The molecule has 5 heteroatoms. The van der Waals surface area contributed by atoms with Gasteiger partial charge in [-0.1, -0.05) is 0 Å². The molecule has 16 heavy (non-hydrogen) atoms. The fourth-order valence-electron chi connectivity index (χ4n) is 3.30. The number of rotatable bonds is 1. The molecule has 0 aliphatic carbocycles. The zero-order chi connectivity index (χ0) is 11.7. The molecule has 3 saturated heterocycles. The van der Waals surface area contributed by atoms with Gasteiger partial charge in [0.05, 0.1) is 18.2 Å². The molecule has 90 valence electrons. The van der Waals surface area contributed by atoms with E-state index in [1.807, 2.05) is 18.7 Å². The van der Waals surface area contributed by atoms with Gasteiger partial charge >= 0.3 is 0 Å². The van der Waals surface area contributed by atoms with Crippen molar-refractivity contribution in [1.82, 2.24) is 4.90 Å². The quantitative estimate of drug-likeness (QED) is 0.615. The van der Waals surface area contributed by atoms with Crippen molar-refractivity contribution in [3.05, 3.63) is 0 Å². The highest BCUT2D eigenvalue weighted by atomic mass is 16.6. The third kappa shape index (κ3) is 1.08. The summed E-state index contributed by atoms with van der Waals surface area (Å²) in [4.78, 5) is 13.4. The molecule has 5 unspecified atom stereocenters. The zero-order valence-corrected chi connectivity index (χ0v) is 9.71. The van der Waals surface area contributed by atoms with Gasteiger partial charge in [0.1, 0.15) is 24.4 Å². The van der Waals surface area contributed by atoms with Gasteiger partial charge < -0.3 is 19.5 Å². The lowest BCUT2D eigenvalue weighted by atomic mass is 9.73.